The third-order valence-corrected chi connectivity index (χ3v) is 2.88. The maximum Gasteiger partial charge on any atom is 0.519 e. The molecule has 20 heavy (non-hydrogen) atoms. The minimum Gasteiger partial charge on any atom is -0.457 e. The lowest BCUT2D eigenvalue weighted by molar-refractivity contribution is 0.174. The molecular formula is C14H8O6. The Labute approximate surface area is 112 Å². The molecule has 4 rings (SSSR count). The maximum absolute atomic E-state index is 11.0. The predicted molar refractivity (Wildman–Crippen MR) is 67.4 cm³/mol. The predicted octanol–water partition coefficient (Wildman–Crippen LogP) is 2.91. The first-order chi connectivity index (χ1) is 9.78. The van der Waals surface area contributed by atoms with Crippen molar-refractivity contribution in [2.75, 3.05) is 6.79 Å². The molecule has 6 nitrogen and oxygen atoms in total. The number of fused-ring (bicyclic) bond motifs is 2. The molecule has 0 N–H and O–H groups in total. The molecular weight excluding hydrogens is 264 g/mol. The van der Waals surface area contributed by atoms with Gasteiger partial charge in [0.05, 0.1) is 0 Å². The highest BCUT2D eigenvalue weighted by Gasteiger charge is 2.14. The van der Waals surface area contributed by atoms with Gasteiger partial charge < -0.3 is 23.0 Å². The van der Waals surface area contributed by atoms with Crippen molar-refractivity contribution in [3.63, 3.8) is 0 Å². The lowest BCUT2D eigenvalue weighted by Gasteiger charge is -2.05. The summed E-state index contributed by atoms with van der Waals surface area (Å²) in [6, 6.07) is 10.2. The molecule has 2 aromatic carbocycles. The minimum absolute atomic E-state index is 0.213. The number of benzene rings is 2. The zero-order valence-corrected chi connectivity index (χ0v) is 10.1. The van der Waals surface area contributed by atoms with E-state index in [0.29, 0.717) is 34.2 Å². The second-order valence-electron chi connectivity index (χ2n) is 4.18. The summed E-state index contributed by atoms with van der Waals surface area (Å²) in [6.07, 6.45) is 0. The van der Waals surface area contributed by atoms with Gasteiger partial charge in [0.2, 0.25) is 6.79 Å². The fraction of sp³-hybridized carbons (Fsp3) is 0.0714. The Morgan fingerprint density at radius 3 is 2.55 bits per heavy atom. The van der Waals surface area contributed by atoms with Crippen LogP contribution >= 0.6 is 0 Å². The average molecular weight is 272 g/mol. The van der Waals surface area contributed by atoms with Crippen LogP contribution in [0.5, 0.6) is 23.0 Å². The summed E-state index contributed by atoms with van der Waals surface area (Å²) < 4.78 is 25.9. The van der Waals surface area contributed by atoms with Crippen LogP contribution in [0.1, 0.15) is 0 Å². The number of rotatable bonds is 2. The summed E-state index contributed by atoms with van der Waals surface area (Å²) in [5, 5.41) is 0. The largest absolute Gasteiger partial charge is 0.519 e. The van der Waals surface area contributed by atoms with Crippen molar-refractivity contribution in [1.29, 1.82) is 0 Å². The fourth-order valence-corrected chi connectivity index (χ4v) is 1.99. The first kappa shape index (κ1) is 11.0. The summed E-state index contributed by atoms with van der Waals surface area (Å²) in [5.74, 6) is 1.72. The van der Waals surface area contributed by atoms with Crippen LogP contribution in [0.15, 0.2) is 50.0 Å². The molecule has 0 spiro atoms. The highest BCUT2D eigenvalue weighted by atomic mass is 16.7. The van der Waals surface area contributed by atoms with E-state index in [4.69, 9.17) is 23.0 Å². The van der Waals surface area contributed by atoms with Gasteiger partial charge in [-0.15, -0.1) is 0 Å². The van der Waals surface area contributed by atoms with Crippen LogP contribution in [0.2, 0.25) is 0 Å². The van der Waals surface area contributed by atoms with E-state index in [0.717, 1.165) is 0 Å². The molecule has 0 unspecified atom stereocenters. The summed E-state index contributed by atoms with van der Waals surface area (Å²) >= 11 is 0. The smallest absolute Gasteiger partial charge is 0.457 e. The Morgan fingerprint density at radius 1 is 0.850 bits per heavy atom. The van der Waals surface area contributed by atoms with Gasteiger partial charge in [-0.3, -0.25) is 0 Å². The third-order valence-electron chi connectivity index (χ3n) is 2.88. The highest BCUT2D eigenvalue weighted by molar-refractivity contribution is 5.71. The monoisotopic (exact) mass is 272 g/mol. The summed E-state index contributed by atoms with van der Waals surface area (Å²) in [7, 11) is 0. The van der Waals surface area contributed by atoms with Crippen LogP contribution in [0.3, 0.4) is 0 Å². The van der Waals surface area contributed by atoms with Crippen molar-refractivity contribution in [3.8, 4) is 23.0 Å². The van der Waals surface area contributed by atoms with Gasteiger partial charge in [-0.05, 0) is 24.3 Å². The SMILES string of the molecule is O=c1oc2ccc(Oc3ccc4c(c3)OCO4)cc2o1. The lowest BCUT2D eigenvalue weighted by Crippen LogP contribution is -1.92. The molecule has 0 amide bonds. The van der Waals surface area contributed by atoms with Crippen molar-refractivity contribution >= 4 is 11.2 Å². The molecule has 100 valence electrons. The molecule has 1 aliphatic heterocycles. The topological polar surface area (TPSA) is 71.0 Å². The zero-order valence-electron chi connectivity index (χ0n) is 10.1. The highest BCUT2D eigenvalue weighted by Crippen LogP contribution is 2.36. The van der Waals surface area contributed by atoms with E-state index in [2.05, 4.69) is 0 Å². The van der Waals surface area contributed by atoms with Crippen LogP contribution < -0.4 is 20.0 Å². The summed E-state index contributed by atoms with van der Waals surface area (Å²) in [6.45, 7) is 0.213. The summed E-state index contributed by atoms with van der Waals surface area (Å²) in [5.41, 5.74) is 0.723. The molecule has 1 aliphatic rings. The van der Waals surface area contributed by atoms with Crippen LogP contribution in [0.4, 0.5) is 0 Å². The van der Waals surface area contributed by atoms with E-state index in [1.807, 2.05) is 0 Å². The van der Waals surface area contributed by atoms with Crippen molar-refractivity contribution in [1.82, 2.24) is 0 Å². The summed E-state index contributed by atoms with van der Waals surface area (Å²) in [4.78, 5) is 11.0. The molecule has 1 aromatic heterocycles. The molecule has 6 heteroatoms. The molecule has 0 saturated heterocycles. The van der Waals surface area contributed by atoms with Crippen molar-refractivity contribution < 1.29 is 23.0 Å². The van der Waals surface area contributed by atoms with Crippen molar-refractivity contribution in [2.45, 2.75) is 0 Å². The van der Waals surface area contributed by atoms with Crippen molar-refractivity contribution in [2.24, 2.45) is 0 Å². The number of hydrogen-bond donors (Lipinski definition) is 0. The van der Waals surface area contributed by atoms with Gasteiger partial charge in [-0.1, -0.05) is 0 Å². The molecule has 2 heterocycles. The maximum atomic E-state index is 11.0. The Bertz CT molecular complexity index is 844. The Kier molecular flexibility index (Phi) is 2.23. The second kappa shape index (κ2) is 4.06. The lowest BCUT2D eigenvalue weighted by atomic mass is 10.3. The Morgan fingerprint density at radius 2 is 1.60 bits per heavy atom. The van der Waals surface area contributed by atoms with Gasteiger partial charge in [0.25, 0.3) is 0 Å². The first-order valence-corrected chi connectivity index (χ1v) is 5.89. The quantitative estimate of drug-likeness (QED) is 0.714. The average Bonchev–Trinajstić information content (AvgIpc) is 3.02. The molecule has 0 aliphatic carbocycles. The van der Waals surface area contributed by atoms with E-state index >= 15 is 0 Å². The van der Waals surface area contributed by atoms with E-state index in [1.54, 1.807) is 36.4 Å². The normalized spacial score (nSPS) is 12.8. The second-order valence-corrected chi connectivity index (χ2v) is 4.18. The van der Waals surface area contributed by atoms with Crippen LogP contribution in [-0.4, -0.2) is 6.79 Å². The van der Waals surface area contributed by atoms with Crippen LogP contribution in [0, 0.1) is 0 Å². The van der Waals surface area contributed by atoms with E-state index < -0.39 is 5.82 Å². The number of hydrogen-bond acceptors (Lipinski definition) is 6. The molecule has 0 radical (unpaired) electrons. The van der Waals surface area contributed by atoms with Gasteiger partial charge in [-0.25, -0.2) is 4.79 Å². The Balaban J connectivity index is 1.68. The molecule has 0 fully saturated rings. The zero-order chi connectivity index (χ0) is 13.5. The standard InChI is InChI=1S/C14H8O6/c15-14-19-11-4-2-9(6-13(11)20-14)18-8-1-3-10-12(5-8)17-7-16-10/h1-6H,7H2. The molecule has 3 aromatic rings. The van der Waals surface area contributed by atoms with Crippen molar-refractivity contribution in [3.05, 3.63) is 47.0 Å². The van der Waals surface area contributed by atoms with Gasteiger partial charge in [-0.2, -0.15) is 0 Å². The van der Waals surface area contributed by atoms with E-state index in [-0.39, 0.29) is 6.79 Å². The van der Waals surface area contributed by atoms with Gasteiger partial charge >= 0.3 is 5.82 Å². The molecule has 0 bridgehead atoms. The van der Waals surface area contributed by atoms with Crippen LogP contribution in [-0.2, 0) is 0 Å². The van der Waals surface area contributed by atoms with Gasteiger partial charge in [0.15, 0.2) is 22.7 Å². The first-order valence-electron chi connectivity index (χ1n) is 5.89. The fourth-order valence-electron chi connectivity index (χ4n) is 1.99. The molecule has 0 saturated carbocycles. The number of ether oxygens (including phenoxy) is 3. The molecule has 0 atom stereocenters. The minimum atomic E-state index is -0.736. The van der Waals surface area contributed by atoms with Gasteiger partial charge in [0.1, 0.15) is 11.5 Å². The Hall–Kier alpha value is -2.89. The van der Waals surface area contributed by atoms with E-state index in [1.165, 1.54) is 0 Å². The van der Waals surface area contributed by atoms with E-state index in [9.17, 15) is 4.79 Å². The van der Waals surface area contributed by atoms with Gasteiger partial charge in [0, 0.05) is 12.1 Å². The van der Waals surface area contributed by atoms with Crippen LogP contribution in [0.25, 0.3) is 11.2 Å². The third kappa shape index (κ3) is 1.78.